The predicted octanol–water partition coefficient (Wildman–Crippen LogP) is 5.52. The van der Waals surface area contributed by atoms with Gasteiger partial charge in [-0.15, -0.1) is 0 Å². The summed E-state index contributed by atoms with van der Waals surface area (Å²) in [5.41, 5.74) is 2.77. The average molecular weight is 432 g/mol. The van der Waals surface area contributed by atoms with Gasteiger partial charge in [-0.25, -0.2) is 0 Å². The molecule has 1 atom stereocenters. The summed E-state index contributed by atoms with van der Waals surface area (Å²) in [4.78, 5) is 29.8. The lowest BCUT2D eigenvalue weighted by Crippen LogP contribution is -2.40. The Kier molecular flexibility index (Phi) is 6.16. The van der Waals surface area contributed by atoms with Crippen LogP contribution in [0, 0.1) is 10.8 Å². The van der Waals surface area contributed by atoms with Crippen LogP contribution in [0.1, 0.15) is 37.7 Å². The number of halogens is 2. The van der Waals surface area contributed by atoms with Gasteiger partial charge in [0.2, 0.25) is 5.91 Å². The first-order valence-electron chi connectivity index (χ1n) is 10.1. The normalized spacial score (nSPS) is 24.7. The molecule has 0 radical (unpaired) electrons. The van der Waals surface area contributed by atoms with Crippen LogP contribution in [0.4, 0.5) is 0 Å². The lowest BCUT2D eigenvalue weighted by atomic mass is 9.90. The Morgan fingerprint density at radius 3 is 2.28 bits per heavy atom. The molecular formula is C22H23Cl2N3O2. The number of likely N-dealkylation sites (tertiary alicyclic amines) is 1. The molecule has 1 unspecified atom stereocenters. The number of nitrogens with zero attached hydrogens (tertiary/aromatic N) is 3. The number of nitroso groups, excluding NO2 is 1. The molecule has 2 heterocycles. The van der Waals surface area contributed by atoms with Crippen LogP contribution in [-0.4, -0.2) is 34.4 Å². The largest absolute Gasteiger partial charge is 0.339 e. The zero-order valence-electron chi connectivity index (χ0n) is 16.1. The van der Waals surface area contributed by atoms with E-state index in [0.29, 0.717) is 16.5 Å². The summed E-state index contributed by atoms with van der Waals surface area (Å²) >= 11 is 13.1. The maximum absolute atomic E-state index is 13.0. The second-order valence-corrected chi connectivity index (χ2v) is 8.76. The van der Waals surface area contributed by atoms with E-state index in [-0.39, 0.29) is 23.9 Å². The average Bonchev–Trinajstić information content (AvgIpc) is 3.11. The van der Waals surface area contributed by atoms with Crippen LogP contribution in [0.3, 0.4) is 0 Å². The van der Waals surface area contributed by atoms with Gasteiger partial charge in [-0.1, -0.05) is 28.4 Å². The van der Waals surface area contributed by atoms with Crippen molar-refractivity contribution < 1.29 is 4.79 Å². The van der Waals surface area contributed by atoms with Gasteiger partial charge < -0.3 is 4.90 Å². The zero-order chi connectivity index (χ0) is 20.4. The third kappa shape index (κ3) is 4.31. The van der Waals surface area contributed by atoms with E-state index >= 15 is 0 Å². The van der Waals surface area contributed by atoms with Gasteiger partial charge in [0.25, 0.3) is 0 Å². The van der Waals surface area contributed by atoms with E-state index < -0.39 is 0 Å². The molecule has 4 rings (SSSR count). The molecule has 29 heavy (non-hydrogen) atoms. The van der Waals surface area contributed by atoms with Crippen LogP contribution in [0.5, 0.6) is 0 Å². The van der Waals surface area contributed by atoms with Crippen molar-refractivity contribution in [3.05, 3.63) is 57.2 Å². The number of hydrogen-bond donors (Lipinski definition) is 0. The van der Waals surface area contributed by atoms with Crippen LogP contribution < -0.4 is 0 Å². The first-order chi connectivity index (χ1) is 14.1. The molecule has 1 aliphatic heterocycles. The number of carbonyl (C=O) groups is 1. The Labute approximate surface area is 180 Å². The van der Waals surface area contributed by atoms with Crippen molar-refractivity contribution in [3.63, 3.8) is 0 Å². The van der Waals surface area contributed by atoms with E-state index in [1.54, 1.807) is 12.4 Å². The highest BCUT2D eigenvalue weighted by molar-refractivity contribution is 6.36. The van der Waals surface area contributed by atoms with Gasteiger partial charge in [0.05, 0.1) is 6.04 Å². The Morgan fingerprint density at radius 1 is 1.00 bits per heavy atom. The molecule has 7 heteroatoms. The highest BCUT2D eigenvalue weighted by atomic mass is 35.5. The van der Waals surface area contributed by atoms with E-state index in [0.717, 1.165) is 55.3 Å². The van der Waals surface area contributed by atoms with E-state index in [2.05, 4.69) is 10.2 Å². The predicted molar refractivity (Wildman–Crippen MR) is 115 cm³/mol. The van der Waals surface area contributed by atoms with Crippen molar-refractivity contribution in [2.45, 2.75) is 50.6 Å². The standard InChI is InChI=1S/C22H23Cl2N3O2/c23-20-12-16(14-5-8-25-9-6-14)13-21(24)19(20)11-15-7-10-27(22(15)28)18-3-1-17(26-29)2-4-18/h5-6,8-9,12-13,15,17-18H,1-4,7,10-11H2. The Morgan fingerprint density at radius 2 is 1.66 bits per heavy atom. The molecule has 1 aliphatic carbocycles. The minimum Gasteiger partial charge on any atom is -0.339 e. The first-order valence-corrected chi connectivity index (χ1v) is 10.8. The second-order valence-electron chi connectivity index (χ2n) is 7.94. The van der Waals surface area contributed by atoms with Gasteiger partial charge in [0.15, 0.2) is 0 Å². The van der Waals surface area contributed by atoms with Gasteiger partial charge in [0, 0.05) is 40.9 Å². The van der Waals surface area contributed by atoms with E-state index in [9.17, 15) is 9.70 Å². The fourth-order valence-corrected chi connectivity index (χ4v) is 5.19. The molecule has 1 aromatic carbocycles. The Balaban J connectivity index is 1.46. The van der Waals surface area contributed by atoms with Crippen LogP contribution in [-0.2, 0) is 11.2 Å². The van der Waals surface area contributed by atoms with Crippen molar-refractivity contribution in [1.29, 1.82) is 0 Å². The summed E-state index contributed by atoms with van der Waals surface area (Å²) in [5.74, 6) is 0.0801. The van der Waals surface area contributed by atoms with E-state index in [4.69, 9.17) is 23.2 Å². The molecule has 1 saturated carbocycles. The van der Waals surface area contributed by atoms with Crippen LogP contribution >= 0.6 is 23.2 Å². The third-order valence-electron chi connectivity index (χ3n) is 6.21. The van der Waals surface area contributed by atoms with Crippen LogP contribution in [0.2, 0.25) is 10.0 Å². The Bertz CT molecular complexity index is 875. The summed E-state index contributed by atoms with van der Waals surface area (Å²) in [5, 5.41) is 4.34. The third-order valence-corrected chi connectivity index (χ3v) is 6.89. The molecule has 1 saturated heterocycles. The smallest absolute Gasteiger partial charge is 0.226 e. The van der Waals surface area contributed by atoms with Gasteiger partial charge in [-0.05, 0) is 79.5 Å². The van der Waals surface area contributed by atoms with Gasteiger partial charge in [-0.3, -0.25) is 9.78 Å². The van der Waals surface area contributed by atoms with Crippen molar-refractivity contribution in [1.82, 2.24) is 9.88 Å². The summed E-state index contributed by atoms with van der Waals surface area (Å²) in [7, 11) is 0. The quantitative estimate of drug-likeness (QED) is 0.584. The fourth-order valence-electron chi connectivity index (χ4n) is 4.55. The lowest BCUT2D eigenvalue weighted by Gasteiger charge is -2.32. The summed E-state index contributed by atoms with van der Waals surface area (Å²) in [6.45, 7) is 0.762. The maximum Gasteiger partial charge on any atom is 0.226 e. The van der Waals surface area contributed by atoms with Crippen molar-refractivity contribution in [2.75, 3.05) is 6.54 Å². The van der Waals surface area contributed by atoms with Crippen LogP contribution in [0.15, 0.2) is 41.8 Å². The highest BCUT2D eigenvalue weighted by Crippen LogP contribution is 2.36. The minimum absolute atomic E-state index is 0.0868. The molecule has 2 aromatic rings. The first kappa shape index (κ1) is 20.3. The number of benzene rings is 1. The number of carbonyl (C=O) groups excluding carboxylic acids is 1. The molecule has 152 valence electrons. The SMILES string of the molecule is O=NC1CCC(N2CCC(Cc3c(Cl)cc(-c4ccncc4)cc3Cl)C2=O)CC1. The molecule has 2 fully saturated rings. The topological polar surface area (TPSA) is 62.6 Å². The minimum atomic E-state index is -0.0984. The summed E-state index contributed by atoms with van der Waals surface area (Å²) in [6, 6.07) is 7.78. The number of amides is 1. The van der Waals surface area contributed by atoms with Crippen molar-refractivity contribution >= 4 is 29.1 Å². The van der Waals surface area contributed by atoms with Crippen LogP contribution in [0.25, 0.3) is 11.1 Å². The lowest BCUT2D eigenvalue weighted by molar-refractivity contribution is -0.133. The molecule has 1 aromatic heterocycles. The monoisotopic (exact) mass is 431 g/mol. The summed E-state index contributed by atoms with van der Waals surface area (Å²) < 4.78 is 0. The van der Waals surface area contributed by atoms with E-state index in [1.165, 1.54) is 0 Å². The molecule has 5 nitrogen and oxygen atoms in total. The number of hydrogen-bond acceptors (Lipinski definition) is 4. The van der Waals surface area contributed by atoms with E-state index in [1.807, 2.05) is 29.2 Å². The van der Waals surface area contributed by atoms with Gasteiger partial charge >= 0.3 is 0 Å². The number of rotatable bonds is 5. The highest BCUT2D eigenvalue weighted by Gasteiger charge is 2.38. The van der Waals surface area contributed by atoms with Gasteiger partial charge in [0.1, 0.15) is 0 Å². The second kappa shape index (κ2) is 8.80. The fraction of sp³-hybridized carbons (Fsp3) is 0.455. The molecule has 0 spiro atoms. The molecule has 0 bridgehead atoms. The maximum atomic E-state index is 13.0. The summed E-state index contributed by atoms with van der Waals surface area (Å²) in [6.07, 6.45) is 8.09. The number of pyridine rings is 1. The Hall–Kier alpha value is -1.98. The van der Waals surface area contributed by atoms with Gasteiger partial charge in [-0.2, -0.15) is 4.91 Å². The molecule has 1 amide bonds. The zero-order valence-corrected chi connectivity index (χ0v) is 17.6. The number of aromatic nitrogens is 1. The van der Waals surface area contributed by atoms with Crippen molar-refractivity contribution in [2.24, 2.45) is 11.1 Å². The van der Waals surface area contributed by atoms with Crippen molar-refractivity contribution in [3.8, 4) is 11.1 Å². The molecule has 0 N–H and O–H groups in total. The molecule has 2 aliphatic rings. The molecular weight excluding hydrogens is 409 g/mol.